The van der Waals surface area contributed by atoms with E-state index in [1.807, 2.05) is 11.8 Å². The Balaban J connectivity index is 2.22. The van der Waals surface area contributed by atoms with Crippen molar-refractivity contribution >= 4 is 5.91 Å². The maximum absolute atomic E-state index is 12.6. The van der Waals surface area contributed by atoms with E-state index < -0.39 is 0 Å². The normalized spacial score (nSPS) is 20.1. The van der Waals surface area contributed by atoms with Crippen molar-refractivity contribution in [1.29, 1.82) is 0 Å². The van der Waals surface area contributed by atoms with Crippen molar-refractivity contribution in [3.8, 4) is 5.75 Å². The van der Waals surface area contributed by atoms with Crippen LogP contribution < -0.4 is 0 Å². The van der Waals surface area contributed by atoms with Crippen molar-refractivity contribution in [3.63, 3.8) is 0 Å². The van der Waals surface area contributed by atoms with Crippen molar-refractivity contribution in [2.75, 3.05) is 6.54 Å². The minimum atomic E-state index is 0.108. The topological polar surface area (TPSA) is 40.5 Å². The van der Waals surface area contributed by atoms with Crippen molar-refractivity contribution in [2.45, 2.75) is 52.0 Å². The SMILES string of the molecule is CCC1CCCCCN1C(=O)c1ccc(O)c(C)c1. The summed E-state index contributed by atoms with van der Waals surface area (Å²) in [7, 11) is 0. The maximum atomic E-state index is 12.6. The average Bonchev–Trinajstić information content (AvgIpc) is 2.66. The second kappa shape index (κ2) is 6.09. The molecule has 1 heterocycles. The monoisotopic (exact) mass is 261 g/mol. The Hall–Kier alpha value is -1.51. The third-order valence-corrected chi connectivity index (χ3v) is 4.05. The Labute approximate surface area is 115 Å². The standard InChI is InChI=1S/C16H23NO2/c1-3-14-7-5-4-6-10-17(14)16(19)13-8-9-15(18)12(2)11-13/h8-9,11,14,18H,3-7,10H2,1-2H3. The van der Waals surface area contributed by atoms with Gasteiger partial charge in [0.05, 0.1) is 0 Å². The first-order valence-electron chi connectivity index (χ1n) is 7.24. The van der Waals surface area contributed by atoms with Crippen molar-refractivity contribution < 1.29 is 9.90 Å². The summed E-state index contributed by atoms with van der Waals surface area (Å²) < 4.78 is 0. The summed E-state index contributed by atoms with van der Waals surface area (Å²) >= 11 is 0. The number of aryl methyl sites for hydroxylation is 1. The van der Waals surface area contributed by atoms with Crippen LogP contribution in [0.5, 0.6) is 5.75 Å². The lowest BCUT2D eigenvalue weighted by Crippen LogP contribution is -2.39. The molecule has 0 aliphatic carbocycles. The summed E-state index contributed by atoms with van der Waals surface area (Å²) in [6, 6.07) is 5.49. The van der Waals surface area contributed by atoms with Gasteiger partial charge in [-0.15, -0.1) is 0 Å². The maximum Gasteiger partial charge on any atom is 0.254 e. The fourth-order valence-electron chi connectivity index (χ4n) is 2.82. The highest BCUT2D eigenvalue weighted by molar-refractivity contribution is 5.94. The van der Waals surface area contributed by atoms with Crippen LogP contribution in [0.25, 0.3) is 0 Å². The largest absolute Gasteiger partial charge is 0.508 e. The van der Waals surface area contributed by atoms with E-state index in [0.29, 0.717) is 11.6 Å². The molecule has 1 aromatic carbocycles. The van der Waals surface area contributed by atoms with Gasteiger partial charge in [-0.05, 0) is 49.9 Å². The van der Waals surface area contributed by atoms with Crippen LogP contribution in [0.1, 0.15) is 54.9 Å². The summed E-state index contributed by atoms with van der Waals surface area (Å²) in [5, 5.41) is 9.55. The van der Waals surface area contributed by atoms with Crippen molar-refractivity contribution in [3.05, 3.63) is 29.3 Å². The number of nitrogens with zero attached hydrogens (tertiary/aromatic N) is 1. The summed E-state index contributed by atoms with van der Waals surface area (Å²) in [4.78, 5) is 14.7. The van der Waals surface area contributed by atoms with Gasteiger partial charge in [0.1, 0.15) is 5.75 Å². The molecular formula is C16H23NO2. The fraction of sp³-hybridized carbons (Fsp3) is 0.562. The molecule has 1 saturated heterocycles. The Morgan fingerprint density at radius 1 is 1.37 bits per heavy atom. The molecule has 1 aliphatic heterocycles. The van der Waals surface area contributed by atoms with Crippen LogP contribution in [-0.4, -0.2) is 28.5 Å². The van der Waals surface area contributed by atoms with Gasteiger partial charge in [0.25, 0.3) is 5.91 Å². The smallest absolute Gasteiger partial charge is 0.254 e. The van der Waals surface area contributed by atoms with Crippen molar-refractivity contribution in [1.82, 2.24) is 4.90 Å². The molecule has 1 unspecified atom stereocenters. The quantitative estimate of drug-likeness (QED) is 0.885. The van der Waals surface area contributed by atoms with E-state index in [4.69, 9.17) is 0 Å². The van der Waals surface area contributed by atoms with Crippen LogP contribution in [0.2, 0.25) is 0 Å². The van der Waals surface area contributed by atoms with Crippen LogP contribution in [0, 0.1) is 6.92 Å². The van der Waals surface area contributed by atoms with Crippen LogP contribution in [0.15, 0.2) is 18.2 Å². The Kier molecular flexibility index (Phi) is 4.46. The second-order valence-electron chi connectivity index (χ2n) is 5.41. The highest BCUT2D eigenvalue weighted by atomic mass is 16.3. The Morgan fingerprint density at radius 3 is 2.84 bits per heavy atom. The molecular weight excluding hydrogens is 238 g/mol. The molecule has 1 aromatic rings. The molecule has 1 aliphatic rings. The molecule has 1 N–H and O–H groups in total. The molecule has 0 bridgehead atoms. The lowest BCUT2D eigenvalue weighted by molar-refractivity contribution is 0.0678. The zero-order valence-corrected chi connectivity index (χ0v) is 11.9. The van der Waals surface area contributed by atoms with Gasteiger partial charge in [0, 0.05) is 18.2 Å². The molecule has 0 aromatic heterocycles. The number of phenols is 1. The number of amides is 1. The fourth-order valence-corrected chi connectivity index (χ4v) is 2.82. The first-order valence-corrected chi connectivity index (χ1v) is 7.24. The summed E-state index contributed by atoms with van der Waals surface area (Å²) in [5.74, 6) is 0.358. The van der Waals surface area contributed by atoms with Crippen LogP contribution in [0.4, 0.5) is 0 Å². The van der Waals surface area contributed by atoms with Gasteiger partial charge in [0.15, 0.2) is 0 Å². The Bertz CT molecular complexity index is 456. The molecule has 0 spiro atoms. The van der Waals surface area contributed by atoms with E-state index in [1.54, 1.807) is 18.2 Å². The number of carbonyl (C=O) groups excluding carboxylic acids is 1. The van der Waals surface area contributed by atoms with Gasteiger partial charge in [0.2, 0.25) is 0 Å². The number of hydrogen-bond donors (Lipinski definition) is 1. The van der Waals surface area contributed by atoms with Gasteiger partial charge in [-0.25, -0.2) is 0 Å². The van der Waals surface area contributed by atoms with E-state index in [-0.39, 0.29) is 11.7 Å². The first-order chi connectivity index (χ1) is 9.13. The third-order valence-electron chi connectivity index (χ3n) is 4.05. The number of likely N-dealkylation sites (tertiary alicyclic amines) is 1. The van der Waals surface area contributed by atoms with Crippen molar-refractivity contribution in [2.24, 2.45) is 0 Å². The summed E-state index contributed by atoms with van der Waals surface area (Å²) in [6.07, 6.45) is 5.66. The second-order valence-corrected chi connectivity index (χ2v) is 5.41. The number of hydrogen-bond acceptors (Lipinski definition) is 2. The predicted molar refractivity (Wildman–Crippen MR) is 76.4 cm³/mol. The number of benzene rings is 1. The van der Waals surface area contributed by atoms with Gasteiger partial charge in [-0.3, -0.25) is 4.79 Å². The highest BCUT2D eigenvalue weighted by Crippen LogP contribution is 2.23. The lowest BCUT2D eigenvalue weighted by Gasteiger charge is -2.29. The number of phenolic OH excluding ortho intramolecular Hbond substituents is 1. The van der Waals surface area contributed by atoms with Crippen LogP contribution in [-0.2, 0) is 0 Å². The van der Waals surface area contributed by atoms with Gasteiger partial charge >= 0.3 is 0 Å². The number of aromatic hydroxyl groups is 1. The molecule has 3 heteroatoms. The van der Waals surface area contributed by atoms with Crippen LogP contribution in [0.3, 0.4) is 0 Å². The van der Waals surface area contributed by atoms with E-state index in [9.17, 15) is 9.90 Å². The van der Waals surface area contributed by atoms with E-state index >= 15 is 0 Å². The molecule has 3 nitrogen and oxygen atoms in total. The predicted octanol–water partition coefficient (Wildman–Crippen LogP) is 3.50. The molecule has 1 atom stereocenters. The van der Waals surface area contributed by atoms with E-state index in [0.717, 1.165) is 31.4 Å². The third kappa shape index (κ3) is 3.09. The first kappa shape index (κ1) is 13.9. The number of carbonyl (C=O) groups is 1. The Morgan fingerprint density at radius 2 is 2.16 bits per heavy atom. The lowest BCUT2D eigenvalue weighted by atomic mass is 10.1. The average molecular weight is 261 g/mol. The molecule has 0 radical (unpaired) electrons. The molecule has 104 valence electrons. The van der Waals surface area contributed by atoms with Crippen LogP contribution >= 0.6 is 0 Å². The molecule has 19 heavy (non-hydrogen) atoms. The minimum absolute atomic E-state index is 0.108. The molecule has 2 rings (SSSR count). The molecule has 0 saturated carbocycles. The highest BCUT2D eigenvalue weighted by Gasteiger charge is 2.25. The van der Waals surface area contributed by atoms with Gasteiger partial charge in [-0.2, -0.15) is 0 Å². The summed E-state index contributed by atoms with van der Waals surface area (Å²) in [5.41, 5.74) is 1.45. The molecule has 1 amide bonds. The minimum Gasteiger partial charge on any atom is -0.508 e. The van der Waals surface area contributed by atoms with E-state index in [1.165, 1.54) is 12.8 Å². The number of rotatable bonds is 2. The molecule has 1 fully saturated rings. The van der Waals surface area contributed by atoms with E-state index in [2.05, 4.69) is 6.92 Å². The van der Waals surface area contributed by atoms with Gasteiger partial charge < -0.3 is 10.0 Å². The zero-order valence-electron chi connectivity index (χ0n) is 11.9. The zero-order chi connectivity index (χ0) is 13.8. The van der Waals surface area contributed by atoms with Gasteiger partial charge in [-0.1, -0.05) is 19.8 Å². The summed E-state index contributed by atoms with van der Waals surface area (Å²) in [6.45, 7) is 4.83.